The highest BCUT2D eigenvalue weighted by atomic mass is 16.2. The quantitative estimate of drug-likeness (QED) is 0.855. The lowest BCUT2D eigenvalue weighted by molar-refractivity contribution is -0.121. The maximum Gasteiger partial charge on any atom is 0.251 e. The first-order chi connectivity index (χ1) is 8.81. The van der Waals surface area contributed by atoms with E-state index in [1.165, 1.54) is 6.07 Å². The fraction of sp³-hybridized carbons (Fsp3) is 0.357. The van der Waals surface area contributed by atoms with Gasteiger partial charge in [0.05, 0.1) is 18.2 Å². The average Bonchev–Trinajstić information content (AvgIpc) is 2.34. The topological polar surface area (TPSA) is 82.0 Å². The number of nitriles is 1. The fourth-order valence-corrected chi connectivity index (χ4v) is 1.46. The van der Waals surface area contributed by atoms with Crippen LogP contribution in [0.5, 0.6) is 0 Å². The molecule has 0 saturated heterocycles. The number of nitrogens with zero attached hydrogens (tertiary/aromatic N) is 1. The molecule has 0 unspecified atom stereocenters. The van der Waals surface area contributed by atoms with E-state index in [-0.39, 0.29) is 23.9 Å². The van der Waals surface area contributed by atoms with Gasteiger partial charge in [-0.3, -0.25) is 9.59 Å². The van der Waals surface area contributed by atoms with Gasteiger partial charge in [-0.05, 0) is 39.0 Å². The van der Waals surface area contributed by atoms with Crippen LogP contribution >= 0.6 is 0 Å². The number of hydrogen-bond acceptors (Lipinski definition) is 3. The minimum absolute atomic E-state index is 0.0904. The molecule has 1 aromatic carbocycles. The minimum atomic E-state index is -0.374. The second kappa shape index (κ2) is 6.01. The Labute approximate surface area is 112 Å². The molecule has 0 bridgehead atoms. The summed E-state index contributed by atoms with van der Waals surface area (Å²) in [6.45, 7) is 5.50. The predicted octanol–water partition coefficient (Wildman–Crippen LogP) is 1.20. The summed E-state index contributed by atoms with van der Waals surface area (Å²) in [6, 6.07) is 8.28. The summed E-state index contributed by atoms with van der Waals surface area (Å²) >= 11 is 0. The van der Waals surface area contributed by atoms with E-state index in [1.54, 1.807) is 18.2 Å². The van der Waals surface area contributed by atoms with Crippen LogP contribution in [0.1, 0.15) is 36.7 Å². The van der Waals surface area contributed by atoms with E-state index in [4.69, 9.17) is 5.26 Å². The molecule has 0 radical (unpaired) electrons. The van der Waals surface area contributed by atoms with Crippen molar-refractivity contribution in [1.29, 1.82) is 5.26 Å². The molecule has 0 fully saturated rings. The summed E-state index contributed by atoms with van der Waals surface area (Å²) in [5.41, 5.74) is 0.442. The second-order valence-electron chi connectivity index (χ2n) is 5.17. The van der Waals surface area contributed by atoms with Crippen molar-refractivity contribution in [1.82, 2.24) is 10.6 Å². The fourth-order valence-electron chi connectivity index (χ4n) is 1.46. The molecule has 0 atom stereocenters. The first-order valence-electron chi connectivity index (χ1n) is 5.91. The third-order valence-electron chi connectivity index (χ3n) is 2.18. The molecule has 100 valence electrons. The van der Waals surface area contributed by atoms with Crippen LogP contribution in [0.25, 0.3) is 0 Å². The van der Waals surface area contributed by atoms with Crippen LogP contribution in [0.3, 0.4) is 0 Å². The van der Waals surface area contributed by atoms with Crippen molar-refractivity contribution in [2.75, 3.05) is 6.54 Å². The summed E-state index contributed by atoms with van der Waals surface area (Å²) in [4.78, 5) is 23.3. The van der Waals surface area contributed by atoms with Crippen LogP contribution in [0.4, 0.5) is 0 Å². The van der Waals surface area contributed by atoms with Crippen LogP contribution in [0.15, 0.2) is 24.3 Å². The maximum absolute atomic E-state index is 11.8. The van der Waals surface area contributed by atoms with Crippen molar-refractivity contribution in [3.05, 3.63) is 35.4 Å². The highest BCUT2D eigenvalue weighted by Crippen LogP contribution is 2.03. The first kappa shape index (κ1) is 14.7. The number of carbonyl (C=O) groups is 2. The molecule has 5 nitrogen and oxygen atoms in total. The van der Waals surface area contributed by atoms with Crippen molar-refractivity contribution in [2.45, 2.75) is 26.3 Å². The molecule has 2 amide bonds. The Morgan fingerprint density at radius 1 is 1.32 bits per heavy atom. The van der Waals surface area contributed by atoms with Gasteiger partial charge >= 0.3 is 0 Å². The van der Waals surface area contributed by atoms with Crippen molar-refractivity contribution in [2.24, 2.45) is 0 Å². The van der Waals surface area contributed by atoms with E-state index in [1.807, 2.05) is 26.8 Å². The normalized spacial score (nSPS) is 10.4. The number of rotatable bonds is 3. The van der Waals surface area contributed by atoms with Crippen molar-refractivity contribution in [3.8, 4) is 6.07 Å². The van der Waals surface area contributed by atoms with E-state index in [0.717, 1.165) is 0 Å². The molecule has 5 heteroatoms. The third-order valence-corrected chi connectivity index (χ3v) is 2.18. The van der Waals surface area contributed by atoms with Crippen molar-refractivity contribution >= 4 is 11.8 Å². The molecule has 1 aromatic rings. The number of benzene rings is 1. The van der Waals surface area contributed by atoms with E-state index >= 15 is 0 Å². The summed E-state index contributed by atoms with van der Waals surface area (Å²) in [6.07, 6.45) is 0. The Morgan fingerprint density at radius 3 is 2.58 bits per heavy atom. The van der Waals surface area contributed by atoms with Gasteiger partial charge in [0, 0.05) is 11.1 Å². The molecule has 0 heterocycles. The van der Waals surface area contributed by atoms with Crippen LogP contribution < -0.4 is 10.6 Å². The average molecular weight is 259 g/mol. The Balaban J connectivity index is 2.56. The molecule has 19 heavy (non-hydrogen) atoms. The van der Waals surface area contributed by atoms with Crippen molar-refractivity contribution in [3.63, 3.8) is 0 Å². The van der Waals surface area contributed by atoms with E-state index < -0.39 is 0 Å². The number of nitrogens with one attached hydrogen (secondary N) is 2. The van der Waals surface area contributed by atoms with Gasteiger partial charge < -0.3 is 10.6 Å². The lowest BCUT2D eigenvalue weighted by Crippen LogP contribution is -2.45. The Bertz CT molecular complexity index is 524. The second-order valence-corrected chi connectivity index (χ2v) is 5.17. The van der Waals surface area contributed by atoms with Gasteiger partial charge in [-0.15, -0.1) is 0 Å². The SMILES string of the molecule is CC(C)(C)NC(=O)CNC(=O)c1cccc(C#N)c1. The van der Waals surface area contributed by atoms with Gasteiger partial charge in [-0.1, -0.05) is 6.07 Å². The lowest BCUT2D eigenvalue weighted by Gasteiger charge is -2.20. The zero-order valence-electron chi connectivity index (χ0n) is 11.3. The molecular weight excluding hydrogens is 242 g/mol. The van der Waals surface area contributed by atoms with Crippen LogP contribution in [-0.2, 0) is 4.79 Å². The molecule has 1 rings (SSSR count). The zero-order chi connectivity index (χ0) is 14.5. The minimum Gasteiger partial charge on any atom is -0.350 e. The van der Waals surface area contributed by atoms with Crippen LogP contribution in [-0.4, -0.2) is 23.9 Å². The molecule has 0 aromatic heterocycles. The Kier molecular flexibility index (Phi) is 4.65. The summed E-state index contributed by atoms with van der Waals surface area (Å²) in [5, 5.41) is 14.0. The van der Waals surface area contributed by atoms with Gasteiger partial charge in [0.25, 0.3) is 5.91 Å². The van der Waals surface area contributed by atoms with Gasteiger partial charge in [0.1, 0.15) is 0 Å². The molecule has 0 aliphatic carbocycles. The Hall–Kier alpha value is -2.35. The molecule has 0 saturated carbocycles. The largest absolute Gasteiger partial charge is 0.350 e. The number of carbonyl (C=O) groups excluding carboxylic acids is 2. The Morgan fingerprint density at radius 2 is 2.00 bits per heavy atom. The smallest absolute Gasteiger partial charge is 0.251 e. The molecule has 0 aliphatic rings. The van der Waals surface area contributed by atoms with E-state index in [9.17, 15) is 9.59 Å². The van der Waals surface area contributed by atoms with E-state index in [0.29, 0.717) is 11.1 Å². The molecule has 0 spiro atoms. The van der Waals surface area contributed by atoms with Gasteiger partial charge in [-0.2, -0.15) is 5.26 Å². The highest BCUT2D eigenvalue weighted by Gasteiger charge is 2.14. The van der Waals surface area contributed by atoms with Gasteiger partial charge in [0.15, 0.2) is 0 Å². The molecule has 0 aliphatic heterocycles. The summed E-state index contributed by atoms with van der Waals surface area (Å²) in [7, 11) is 0. The van der Waals surface area contributed by atoms with Gasteiger partial charge in [0.2, 0.25) is 5.91 Å². The van der Waals surface area contributed by atoms with Gasteiger partial charge in [-0.25, -0.2) is 0 Å². The maximum atomic E-state index is 11.8. The highest BCUT2D eigenvalue weighted by molar-refractivity contribution is 5.96. The van der Waals surface area contributed by atoms with Crippen LogP contribution in [0.2, 0.25) is 0 Å². The van der Waals surface area contributed by atoms with E-state index in [2.05, 4.69) is 10.6 Å². The predicted molar refractivity (Wildman–Crippen MR) is 71.4 cm³/mol. The first-order valence-corrected chi connectivity index (χ1v) is 5.91. The van der Waals surface area contributed by atoms with Crippen molar-refractivity contribution < 1.29 is 9.59 Å². The lowest BCUT2D eigenvalue weighted by atomic mass is 10.1. The zero-order valence-corrected chi connectivity index (χ0v) is 11.3. The monoisotopic (exact) mass is 259 g/mol. The number of amides is 2. The molecular formula is C14H17N3O2. The standard InChI is InChI=1S/C14H17N3O2/c1-14(2,3)17-12(18)9-16-13(19)11-6-4-5-10(7-11)8-15/h4-7H,9H2,1-3H3,(H,16,19)(H,17,18). The summed E-state index contributed by atoms with van der Waals surface area (Å²) in [5.74, 6) is -0.626. The third kappa shape index (κ3) is 5.21. The summed E-state index contributed by atoms with van der Waals surface area (Å²) < 4.78 is 0. The molecule has 2 N–H and O–H groups in total. The number of hydrogen-bond donors (Lipinski definition) is 2. The van der Waals surface area contributed by atoms with Crippen LogP contribution in [0, 0.1) is 11.3 Å².